The molecular weight excluding hydrogens is 400 g/mol. The fourth-order valence-electron chi connectivity index (χ4n) is 2.15. The fourth-order valence-corrected chi connectivity index (χ4v) is 3.31. The lowest BCUT2D eigenvalue weighted by Crippen LogP contribution is -2.28. The molecule has 0 unspecified atom stereocenters. The molecule has 0 radical (unpaired) electrons. The quantitative estimate of drug-likeness (QED) is 0.733. The molecule has 0 fully saturated rings. The van der Waals surface area contributed by atoms with Gasteiger partial charge in [-0.2, -0.15) is 0 Å². The van der Waals surface area contributed by atoms with Crippen LogP contribution in [0, 0.1) is 6.92 Å². The molecule has 1 N–H and O–H groups in total. The second-order valence-electron chi connectivity index (χ2n) is 5.75. The molecule has 2 aromatic rings. The van der Waals surface area contributed by atoms with Crippen molar-refractivity contribution in [1.29, 1.82) is 0 Å². The smallest absolute Gasteiger partial charge is 0.234 e. The average molecular weight is 421 g/mol. The lowest BCUT2D eigenvalue weighted by molar-refractivity contribution is -0.127. The molecule has 0 saturated carbocycles. The van der Waals surface area contributed by atoms with Crippen LogP contribution in [-0.2, 0) is 16.1 Å². The van der Waals surface area contributed by atoms with E-state index in [1.807, 2.05) is 55.5 Å². The molecule has 0 atom stereocenters. The molecule has 0 aliphatic heterocycles. The van der Waals surface area contributed by atoms with Crippen LogP contribution in [0.3, 0.4) is 0 Å². The van der Waals surface area contributed by atoms with Gasteiger partial charge in [0.15, 0.2) is 0 Å². The zero-order chi connectivity index (χ0) is 18.2. The van der Waals surface area contributed by atoms with E-state index in [9.17, 15) is 9.59 Å². The van der Waals surface area contributed by atoms with Crippen LogP contribution in [0.25, 0.3) is 0 Å². The monoisotopic (exact) mass is 420 g/mol. The molecule has 0 heterocycles. The predicted octanol–water partition coefficient (Wildman–Crippen LogP) is 4.09. The number of nitrogens with one attached hydrogen (secondary N) is 1. The Morgan fingerprint density at radius 3 is 2.44 bits per heavy atom. The minimum absolute atomic E-state index is 0.00360. The maximum atomic E-state index is 12.2. The molecule has 6 heteroatoms. The predicted molar refractivity (Wildman–Crippen MR) is 108 cm³/mol. The molecule has 0 saturated heterocycles. The highest BCUT2D eigenvalue weighted by molar-refractivity contribution is 9.10. The molecular formula is C19H21BrN2O2S. The van der Waals surface area contributed by atoms with Gasteiger partial charge in [0.25, 0.3) is 0 Å². The summed E-state index contributed by atoms with van der Waals surface area (Å²) in [5.41, 5.74) is 2.97. The highest BCUT2D eigenvalue weighted by atomic mass is 79.9. The Morgan fingerprint density at radius 1 is 1.08 bits per heavy atom. The van der Waals surface area contributed by atoms with Gasteiger partial charge in [-0.15, -0.1) is 11.8 Å². The van der Waals surface area contributed by atoms with Crippen LogP contribution < -0.4 is 5.32 Å². The molecule has 132 valence electrons. The maximum Gasteiger partial charge on any atom is 0.234 e. The summed E-state index contributed by atoms with van der Waals surface area (Å²) in [6, 6.07) is 15.5. The molecule has 0 aliphatic carbocycles. The van der Waals surface area contributed by atoms with Crippen molar-refractivity contribution in [2.75, 3.05) is 23.9 Å². The van der Waals surface area contributed by atoms with Gasteiger partial charge in [-0.1, -0.05) is 51.8 Å². The first kappa shape index (κ1) is 19.5. The molecule has 2 aromatic carbocycles. The number of thioether (sulfide) groups is 1. The van der Waals surface area contributed by atoms with E-state index in [0.717, 1.165) is 21.3 Å². The van der Waals surface area contributed by atoms with Gasteiger partial charge < -0.3 is 10.2 Å². The Morgan fingerprint density at radius 2 is 1.76 bits per heavy atom. The SMILES string of the molecule is Cc1ccc(NC(=O)CSCC(=O)N(C)Cc2ccccc2Br)cc1. The van der Waals surface area contributed by atoms with E-state index < -0.39 is 0 Å². The van der Waals surface area contributed by atoms with Gasteiger partial charge >= 0.3 is 0 Å². The summed E-state index contributed by atoms with van der Waals surface area (Å²) in [5.74, 6) is 0.434. The van der Waals surface area contributed by atoms with Gasteiger partial charge in [0.1, 0.15) is 0 Å². The molecule has 4 nitrogen and oxygen atoms in total. The van der Waals surface area contributed by atoms with Gasteiger partial charge in [0.2, 0.25) is 11.8 Å². The number of aryl methyl sites for hydroxylation is 1. The van der Waals surface area contributed by atoms with Crippen LogP contribution >= 0.6 is 27.7 Å². The number of halogens is 1. The van der Waals surface area contributed by atoms with Crippen LogP contribution in [0.2, 0.25) is 0 Å². The first-order chi connectivity index (χ1) is 12.0. The average Bonchev–Trinajstić information content (AvgIpc) is 2.59. The van der Waals surface area contributed by atoms with E-state index in [1.54, 1.807) is 11.9 Å². The number of anilines is 1. The van der Waals surface area contributed by atoms with Gasteiger partial charge in [-0.25, -0.2) is 0 Å². The summed E-state index contributed by atoms with van der Waals surface area (Å²) in [6.45, 7) is 2.54. The maximum absolute atomic E-state index is 12.2. The van der Waals surface area contributed by atoms with Gasteiger partial charge in [-0.3, -0.25) is 9.59 Å². The van der Waals surface area contributed by atoms with Crippen LogP contribution in [0.5, 0.6) is 0 Å². The number of nitrogens with zero attached hydrogens (tertiary/aromatic N) is 1. The fraction of sp³-hybridized carbons (Fsp3) is 0.263. The number of rotatable bonds is 7. The highest BCUT2D eigenvalue weighted by Gasteiger charge is 2.12. The van der Waals surface area contributed by atoms with Crippen LogP contribution in [0.4, 0.5) is 5.69 Å². The van der Waals surface area contributed by atoms with Crippen molar-refractivity contribution in [2.24, 2.45) is 0 Å². The summed E-state index contributed by atoms with van der Waals surface area (Å²) in [6.07, 6.45) is 0. The molecule has 2 amide bonds. The third kappa shape index (κ3) is 6.55. The lowest BCUT2D eigenvalue weighted by Gasteiger charge is -2.18. The first-order valence-electron chi connectivity index (χ1n) is 7.87. The van der Waals surface area contributed by atoms with Crippen molar-refractivity contribution < 1.29 is 9.59 Å². The third-order valence-electron chi connectivity index (χ3n) is 3.59. The number of benzene rings is 2. The Bertz CT molecular complexity index is 734. The number of carbonyl (C=O) groups excluding carboxylic acids is 2. The van der Waals surface area contributed by atoms with E-state index in [4.69, 9.17) is 0 Å². The van der Waals surface area contributed by atoms with E-state index in [0.29, 0.717) is 6.54 Å². The number of hydrogen-bond donors (Lipinski definition) is 1. The van der Waals surface area contributed by atoms with Gasteiger partial charge in [0, 0.05) is 23.8 Å². The van der Waals surface area contributed by atoms with E-state index >= 15 is 0 Å². The van der Waals surface area contributed by atoms with Crippen molar-refractivity contribution in [2.45, 2.75) is 13.5 Å². The van der Waals surface area contributed by atoms with Crippen LogP contribution in [0.1, 0.15) is 11.1 Å². The zero-order valence-corrected chi connectivity index (χ0v) is 16.7. The first-order valence-corrected chi connectivity index (χ1v) is 9.82. The van der Waals surface area contributed by atoms with Gasteiger partial charge in [-0.05, 0) is 30.7 Å². The van der Waals surface area contributed by atoms with E-state index in [1.165, 1.54) is 11.8 Å². The second-order valence-corrected chi connectivity index (χ2v) is 7.59. The number of hydrogen-bond acceptors (Lipinski definition) is 3. The van der Waals surface area contributed by atoms with Crippen molar-refractivity contribution in [3.63, 3.8) is 0 Å². The molecule has 0 aromatic heterocycles. The number of carbonyl (C=O) groups is 2. The zero-order valence-electron chi connectivity index (χ0n) is 14.3. The van der Waals surface area contributed by atoms with E-state index in [-0.39, 0.29) is 23.3 Å². The minimum atomic E-state index is -0.102. The van der Waals surface area contributed by atoms with Crippen molar-refractivity contribution in [1.82, 2.24) is 4.90 Å². The molecule has 0 aliphatic rings. The van der Waals surface area contributed by atoms with Crippen molar-refractivity contribution in [3.05, 3.63) is 64.1 Å². The van der Waals surface area contributed by atoms with Crippen LogP contribution in [-0.4, -0.2) is 35.3 Å². The van der Waals surface area contributed by atoms with Crippen molar-refractivity contribution >= 4 is 45.2 Å². The standard InChI is InChI=1S/C19H21BrN2O2S/c1-14-7-9-16(10-8-14)21-18(23)12-25-13-19(24)22(2)11-15-5-3-4-6-17(15)20/h3-10H,11-13H2,1-2H3,(H,21,23). The van der Waals surface area contributed by atoms with E-state index in [2.05, 4.69) is 21.2 Å². The summed E-state index contributed by atoms with van der Waals surface area (Å²) >= 11 is 4.81. The Hall–Kier alpha value is -1.79. The van der Waals surface area contributed by atoms with Crippen molar-refractivity contribution in [3.8, 4) is 0 Å². The molecule has 25 heavy (non-hydrogen) atoms. The summed E-state index contributed by atoms with van der Waals surface area (Å²) in [7, 11) is 1.77. The Kier molecular flexibility index (Phi) is 7.52. The summed E-state index contributed by atoms with van der Waals surface area (Å²) in [4.78, 5) is 25.8. The largest absolute Gasteiger partial charge is 0.341 e. The van der Waals surface area contributed by atoms with Gasteiger partial charge in [0.05, 0.1) is 11.5 Å². The van der Waals surface area contributed by atoms with Crippen LogP contribution in [0.15, 0.2) is 53.0 Å². The molecule has 0 bridgehead atoms. The Balaban J connectivity index is 1.73. The summed E-state index contributed by atoms with van der Waals surface area (Å²) < 4.78 is 0.986. The second kappa shape index (κ2) is 9.63. The molecule has 0 spiro atoms. The number of amides is 2. The topological polar surface area (TPSA) is 49.4 Å². The minimum Gasteiger partial charge on any atom is -0.341 e. The summed E-state index contributed by atoms with van der Waals surface area (Å²) in [5, 5.41) is 2.83. The normalized spacial score (nSPS) is 10.4. The Labute approximate surface area is 161 Å². The lowest BCUT2D eigenvalue weighted by atomic mass is 10.2. The highest BCUT2D eigenvalue weighted by Crippen LogP contribution is 2.17. The third-order valence-corrected chi connectivity index (χ3v) is 5.28. The molecule has 2 rings (SSSR count).